The second-order valence-corrected chi connectivity index (χ2v) is 11.2. The van der Waals surface area contributed by atoms with Gasteiger partial charge in [-0.3, -0.25) is 14.2 Å². The SMILES string of the molecule is COc1ccccc1C(Cn1c(=O)n(C(C)(C)C(N)=O)c(=O)c2c(C)c(-c3ncco3)sc21)OC1CCOCC1. The van der Waals surface area contributed by atoms with Crippen molar-refractivity contribution in [1.82, 2.24) is 14.1 Å². The standard InChI is InChI=1S/C28H32N4O7S/c1-16-21-24(33)32(28(2,3)26(29)34)27(35)31(25(21)40-22(16)23-30-11-14-38-23)15-20(39-17-9-12-37-13-10-17)18-7-5-6-8-19(18)36-4/h5-8,11,14,17,20H,9-10,12-13,15H2,1-4H3,(H2,29,34). The minimum atomic E-state index is -1.59. The number of aryl methyl sites for hydroxylation is 1. The van der Waals surface area contributed by atoms with Gasteiger partial charge in [0.15, 0.2) is 0 Å². The average molecular weight is 569 g/mol. The van der Waals surface area contributed by atoms with Crippen LogP contribution in [0.3, 0.4) is 0 Å². The first-order chi connectivity index (χ1) is 19.1. The number of para-hydroxylation sites is 1. The topological polar surface area (TPSA) is 141 Å². The summed E-state index contributed by atoms with van der Waals surface area (Å²) < 4.78 is 25.7. The van der Waals surface area contributed by atoms with Crippen LogP contribution < -0.4 is 21.7 Å². The average Bonchev–Trinajstić information content (AvgIpc) is 3.59. The molecule has 1 fully saturated rings. The lowest BCUT2D eigenvalue weighted by Gasteiger charge is -2.30. The zero-order chi connectivity index (χ0) is 28.6. The Morgan fingerprint density at radius 2 is 1.98 bits per heavy atom. The number of thiophene rings is 1. The van der Waals surface area contributed by atoms with E-state index in [-0.39, 0.29) is 18.0 Å². The van der Waals surface area contributed by atoms with Crippen LogP contribution in [0.2, 0.25) is 0 Å². The molecule has 11 nitrogen and oxygen atoms in total. The molecule has 0 bridgehead atoms. The third-order valence-corrected chi connectivity index (χ3v) is 8.66. The summed E-state index contributed by atoms with van der Waals surface area (Å²) in [5.41, 5.74) is 4.16. The van der Waals surface area contributed by atoms with Gasteiger partial charge in [0.05, 0.1) is 36.2 Å². The number of aromatic nitrogens is 3. The maximum absolute atomic E-state index is 14.2. The van der Waals surface area contributed by atoms with Crippen molar-refractivity contribution in [1.29, 1.82) is 0 Å². The minimum absolute atomic E-state index is 0.0488. The molecule has 2 N–H and O–H groups in total. The number of hydrogen-bond donors (Lipinski definition) is 1. The van der Waals surface area contributed by atoms with Crippen LogP contribution in [0, 0.1) is 6.92 Å². The predicted molar refractivity (Wildman–Crippen MR) is 150 cm³/mol. The van der Waals surface area contributed by atoms with E-state index >= 15 is 0 Å². The van der Waals surface area contributed by atoms with E-state index in [4.69, 9.17) is 24.4 Å². The van der Waals surface area contributed by atoms with Gasteiger partial charge < -0.3 is 24.4 Å². The summed E-state index contributed by atoms with van der Waals surface area (Å²) in [6, 6.07) is 7.47. The highest BCUT2D eigenvalue weighted by Gasteiger charge is 2.35. The summed E-state index contributed by atoms with van der Waals surface area (Å²) in [5, 5.41) is 0.289. The molecule has 4 heterocycles. The van der Waals surface area contributed by atoms with Gasteiger partial charge in [0.25, 0.3) is 5.56 Å². The number of primary amides is 1. The Labute approximate surface area is 234 Å². The molecular weight excluding hydrogens is 536 g/mol. The molecule has 0 spiro atoms. The first-order valence-electron chi connectivity index (χ1n) is 13.0. The van der Waals surface area contributed by atoms with E-state index in [0.717, 1.165) is 10.1 Å². The van der Waals surface area contributed by atoms with Crippen LogP contribution in [0.25, 0.3) is 21.0 Å². The van der Waals surface area contributed by atoms with Gasteiger partial charge >= 0.3 is 5.69 Å². The quantitative estimate of drug-likeness (QED) is 0.324. The van der Waals surface area contributed by atoms with E-state index in [1.54, 1.807) is 14.0 Å². The molecule has 212 valence electrons. The second kappa shape index (κ2) is 11.0. The first kappa shape index (κ1) is 27.8. The largest absolute Gasteiger partial charge is 0.496 e. The Kier molecular flexibility index (Phi) is 7.67. The Balaban J connectivity index is 1.76. The Morgan fingerprint density at radius 1 is 1.25 bits per heavy atom. The van der Waals surface area contributed by atoms with Crippen LogP contribution >= 0.6 is 11.3 Å². The number of nitrogens with zero attached hydrogens (tertiary/aromatic N) is 3. The molecular formula is C28H32N4O7S. The highest BCUT2D eigenvalue weighted by atomic mass is 32.1. The molecule has 0 aliphatic carbocycles. The molecule has 0 saturated carbocycles. The predicted octanol–water partition coefficient (Wildman–Crippen LogP) is 3.35. The van der Waals surface area contributed by atoms with Crippen LogP contribution in [0.1, 0.15) is 43.9 Å². The number of amides is 1. The third-order valence-electron chi connectivity index (χ3n) is 7.36. The molecule has 1 saturated heterocycles. The van der Waals surface area contributed by atoms with Gasteiger partial charge in [-0.2, -0.15) is 0 Å². The normalized spacial score (nSPS) is 15.4. The van der Waals surface area contributed by atoms with Crippen molar-refractivity contribution in [2.45, 2.75) is 57.9 Å². The maximum atomic E-state index is 14.2. The molecule has 5 rings (SSSR count). The molecule has 12 heteroatoms. The molecule has 4 aromatic rings. The molecule has 1 unspecified atom stereocenters. The van der Waals surface area contributed by atoms with Gasteiger partial charge in [-0.05, 0) is 45.2 Å². The Bertz CT molecular complexity index is 1650. The fourth-order valence-corrected chi connectivity index (χ4v) is 6.25. The van der Waals surface area contributed by atoms with Gasteiger partial charge in [-0.15, -0.1) is 11.3 Å². The summed E-state index contributed by atoms with van der Waals surface area (Å²) >= 11 is 1.23. The van der Waals surface area contributed by atoms with Crippen LogP contribution in [-0.2, 0) is 26.4 Å². The van der Waals surface area contributed by atoms with Gasteiger partial charge in [0.2, 0.25) is 11.8 Å². The Morgan fingerprint density at radius 3 is 2.62 bits per heavy atom. The van der Waals surface area contributed by atoms with Crippen molar-refractivity contribution >= 4 is 27.5 Å². The fraction of sp³-hybridized carbons (Fsp3) is 0.429. The molecule has 1 aliphatic heterocycles. The molecule has 3 aromatic heterocycles. The van der Waals surface area contributed by atoms with E-state index < -0.39 is 28.8 Å². The molecule has 1 atom stereocenters. The fourth-order valence-electron chi connectivity index (χ4n) is 5.01. The molecule has 1 aromatic carbocycles. The van der Waals surface area contributed by atoms with Crippen molar-refractivity contribution in [2.75, 3.05) is 20.3 Å². The molecule has 1 amide bonds. The molecule has 40 heavy (non-hydrogen) atoms. The summed E-state index contributed by atoms with van der Waals surface area (Å²) in [6.07, 6.45) is 3.65. The summed E-state index contributed by atoms with van der Waals surface area (Å²) in [5.74, 6) is 0.133. The van der Waals surface area contributed by atoms with Gasteiger partial charge in [0, 0.05) is 18.8 Å². The summed E-state index contributed by atoms with van der Waals surface area (Å²) in [4.78, 5) is 45.8. The Hall–Kier alpha value is -3.74. The van der Waals surface area contributed by atoms with E-state index in [1.807, 2.05) is 24.3 Å². The van der Waals surface area contributed by atoms with Crippen molar-refractivity contribution < 1.29 is 23.4 Å². The first-order valence-corrected chi connectivity index (χ1v) is 13.8. The lowest BCUT2D eigenvalue weighted by atomic mass is 10.0. The lowest BCUT2D eigenvalue weighted by molar-refractivity contribution is -0.125. The van der Waals surface area contributed by atoms with Crippen LogP contribution in [0.4, 0.5) is 0 Å². The zero-order valence-corrected chi connectivity index (χ0v) is 23.7. The number of methoxy groups -OCH3 is 1. The molecule has 0 radical (unpaired) electrons. The number of carbonyl (C=O) groups is 1. The number of benzene rings is 1. The van der Waals surface area contributed by atoms with E-state index in [9.17, 15) is 14.4 Å². The molecule has 1 aliphatic rings. The van der Waals surface area contributed by atoms with E-state index in [2.05, 4.69) is 4.98 Å². The van der Waals surface area contributed by atoms with Crippen LogP contribution in [0.5, 0.6) is 5.75 Å². The number of carbonyl (C=O) groups excluding carboxylic acids is 1. The number of rotatable bonds is 9. The maximum Gasteiger partial charge on any atom is 0.333 e. The van der Waals surface area contributed by atoms with Gasteiger partial charge in [-0.25, -0.2) is 14.3 Å². The van der Waals surface area contributed by atoms with Crippen molar-refractivity contribution in [2.24, 2.45) is 5.73 Å². The van der Waals surface area contributed by atoms with Crippen molar-refractivity contribution in [3.8, 4) is 16.5 Å². The summed E-state index contributed by atoms with van der Waals surface area (Å²) in [7, 11) is 1.58. The highest BCUT2D eigenvalue weighted by Crippen LogP contribution is 2.37. The monoisotopic (exact) mass is 568 g/mol. The highest BCUT2D eigenvalue weighted by molar-refractivity contribution is 7.22. The van der Waals surface area contributed by atoms with Crippen LogP contribution in [0.15, 0.2) is 50.7 Å². The van der Waals surface area contributed by atoms with Gasteiger partial charge in [0.1, 0.15) is 28.5 Å². The minimum Gasteiger partial charge on any atom is -0.496 e. The number of fused-ring (bicyclic) bond motifs is 1. The number of oxazole rings is 1. The lowest BCUT2D eigenvalue weighted by Crippen LogP contribution is -2.54. The van der Waals surface area contributed by atoms with E-state index in [0.29, 0.717) is 53.0 Å². The summed E-state index contributed by atoms with van der Waals surface area (Å²) in [6.45, 7) is 5.89. The van der Waals surface area contributed by atoms with Crippen molar-refractivity contribution in [3.63, 3.8) is 0 Å². The van der Waals surface area contributed by atoms with Crippen molar-refractivity contribution in [3.05, 3.63) is 68.7 Å². The zero-order valence-electron chi connectivity index (χ0n) is 22.8. The number of ether oxygens (including phenoxy) is 3. The van der Waals surface area contributed by atoms with Crippen LogP contribution in [-0.4, -0.2) is 46.5 Å². The third kappa shape index (κ3) is 4.87. The van der Waals surface area contributed by atoms with E-state index in [1.165, 1.54) is 42.2 Å². The second-order valence-electron chi connectivity index (χ2n) is 10.2. The smallest absolute Gasteiger partial charge is 0.333 e. The number of nitrogens with two attached hydrogens (primary N) is 1. The van der Waals surface area contributed by atoms with Gasteiger partial charge in [-0.1, -0.05) is 18.2 Å². The number of hydrogen-bond acceptors (Lipinski definition) is 9.